The summed E-state index contributed by atoms with van der Waals surface area (Å²) in [5, 5.41) is 11.7. The Morgan fingerprint density at radius 3 is 0.985 bits per heavy atom. The summed E-state index contributed by atoms with van der Waals surface area (Å²) in [6.45, 7) is 4.77. The van der Waals surface area contributed by atoms with E-state index in [0.717, 1.165) is 38.5 Å². The van der Waals surface area contributed by atoms with Crippen molar-refractivity contribution in [1.82, 2.24) is 0 Å². The Hall–Kier alpha value is -1.71. The molecule has 0 rings (SSSR count). The van der Waals surface area contributed by atoms with Crippen LogP contribution in [0.5, 0.6) is 0 Å². The lowest BCUT2D eigenvalue weighted by Crippen LogP contribution is -2.44. The molecule has 0 N–H and O–H groups in total. The van der Waals surface area contributed by atoms with Gasteiger partial charge in [0.2, 0.25) is 0 Å². The van der Waals surface area contributed by atoms with Crippen LogP contribution in [0.1, 0.15) is 284 Å². The lowest BCUT2D eigenvalue weighted by Gasteiger charge is -2.26. The van der Waals surface area contributed by atoms with Gasteiger partial charge in [0, 0.05) is 12.8 Å². The van der Waals surface area contributed by atoms with Gasteiger partial charge < -0.3 is 33.3 Å². The highest BCUT2D eigenvalue weighted by molar-refractivity contribution is 5.70. The monoisotopic (exact) mass is 924 g/mol. The molecule has 0 aromatic rings. The average molecular weight is 924 g/mol. The van der Waals surface area contributed by atoms with Crippen LogP contribution in [0, 0.1) is 0 Å². The normalized spacial score (nSPS) is 12.7. The SMILES string of the molecule is CCCCCCCCCCCCCCCCCCCCCCCCCCCCCCCCCC(=O)OC(COC(=O)CCCCCCCCCCC)COC(OCC[N+](C)(C)C)C(=O)[O-]. The molecular weight excluding hydrogens is 815 g/mol. The molecule has 2 unspecified atom stereocenters. The molecule has 0 radical (unpaired) electrons. The molecule has 9 nitrogen and oxygen atoms in total. The molecule has 0 spiro atoms. The standard InChI is InChI=1S/C56H109NO8/c1-6-8-10-12-14-16-17-18-19-20-21-22-23-24-25-26-27-28-29-30-31-32-33-34-35-36-37-39-41-43-45-47-54(59)65-52(51-64-56(55(60)61)62-49-48-57(3,4)5)50-63-53(58)46-44-42-40-38-15-13-11-9-7-2/h52,56H,6-51H2,1-5H3. The highest BCUT2D eigenvalue weighted by Gasteiger charge is 2.22. The highest BCUT2D eigenvalue weighted by Crippen LogP contribution is 2.18. The van der Waals surface area contributed by atoms with Gasteiger partial charge in [0.05, 0.1) is 40.3 Å². The number of nitrogens with zero attached hydrogens (tertiary/aromatic N) is 1. The third-order valence-electron chi connectivity index (χ3n) is 12.9. The summed E-state index contributed by atoms with van der Waals surface area (Å²) < 4.78 is 22.6. The molecule has 0 bridgehead atoms. The molecule has 0 fully saturated rings. The van der Waals surface area contributed by atoms with Crippen LogP contribution in [0.15, 0.2) is 0 Å². The maximum Gasteiger partial charge on any atom is 0.306 e. The smallest absolute Gasteiger partial charge is 0.306 e. The number of carboxylic acid groups (broad SMARTS) is 1. The fourth-order valence-corrected chi connectivity index (χ4v) is 8.48. The Bertz CT molecular complexity index is 1030. The van der Waals surface area contributed by atoms with Crippen molar-refractivity contribution < 1.29 is 42.9 Å². The number of ether oxygens (including phenoxy) is 4. The molecule has 0 amide bonds. The van der Waals surface area contributed by atoms with Crippen molar-refractivity contribution in [2.75, 3.05) is 47.5 Å². The van der Waals surface area contributed by atoms with Gasteiger partial charge in [0.15, 0.2) is 12.4 Å². The van der Waals surface area contributed by atoms with Gasteiger partial charge in [0.1, 0.15) is 13.2 Å². The van der Waals surface area contributed by atoms with Crippen LogP contribution in [0.3, 0.4) is 0 Å². The molecule has 0 aromatic heterocycles. The fraction of sp³-hybridized carbons (Fsp3) is 0.946. The van der Waals surface area contributed by atoms with E-state index in [1.807, 2.05) is 21.1 Å². The van der Waals surface area contributed by atoms with E-state index in [-0.39, 0.29) is 32.2 Å². The van der Waals surface area contributed by atoms with Crippen molar-refractivity contribution in [3.05, 3.63) is 0 Å². The molecule has 0 aliphatic rings. The minimum Gasteiger partial charge on any atom is -0.545 e. The second kappa shape index (κ2) is 48.7. The molecule has 0 aliphatic heterocycles. The van der Waals surface area contributed by atoms with Crippen LogP contribution in [0.25, 0.3) is 0 Å². The van der Waals surface area contributed by atoms with Crippen molar-refractivity contribution in [2.45, 2.75) is 296 Å². The first-order chi connectivity index (χ1) is 31.6. The summed E-state index contributed by atoms with van der Waals surface area (Å²) >= 11 is 0. The summed E-state index contributed by atoms with van der Waals surface area (Å²) in [5.41, 5.74) is 0. The maximum atomic E-state index is 12.8. The van der Waals surface area contributed by atoms with E-state index >= 15 is 0 Å². The number of carbonyl (C=O) groups excluding carboxylic acids is 3. The van der Waals surface area contributed by atoms with Crippen LogP contribution in [-0.4, -0.2) is 82.3 Å². The Balaban J connectivity index is 3.97. The molecule has 386 valence electrons. The van der Waals surface area contributed by atoms with E-state index in [2.05, 4.69) is 13.8 Å². The van der Waals surface area contributed by atoms with Gasteiger partial charge >= 0.3 is 11.9 Å². The van der Waals surface area contributed by atoms with Crippen LogP contribution < -0.4 is 5.11 Å². The average Bonchev–Trinajstić information content (AvgIpc) is 3.27. The van der Waals surface area contributed by atoms with Crippen molar-refractivity contribution in [3.8, 4) is 0 Å². The predicted molar refractivity (Wildman–Crippen MR) is 270 cm³/mol. The number of aliphatic carboxylic acids is 1. The summed E-state index contributed by atoms with van der Waals surface area (Å²) in [6.07, 6.45) is 50.4. The van der Waals surface area contributed by atoms with E-state index in [1.54, 1.807) is 0 Å². The Kier molecular flexibility index (Phi) is 47.5. The number of hydrogen-bond acceptors (Lipinski definition) is 8. The third kappa shape index (κ3) is 50.0. The number of esters is 2. The summed E-state index contributed by atoms with van der Waals surface area (Å²) in [4.78, 5) is 37.0. The van der Waals surface area contributed by atoms with Gasteiger partial charge in [-0.2, -0.15) is 0 Å². The second-order valence-electron chi connectivity index (χ2n) is 20.6. The molecule has 65 heavy (non-hydrogen) atoms. The molecule has 0 saturated carbocycles. The molecule has 2 atom stereocenters. The zero-order valence-electron chi connectivity index (χ0n) is 43.9. The zero-order valence-corrected chi connectivity index (χ0v) is 43.9. The van der Waals surface area contributed by atoms with Crippen LogP contribution >= 0.6 is 0 Å². The number of carboxylic acids is 1. The molecule has 0 aromatic carbocycles. The van der Waals surface area contributed by atoms with Crippen molar-refractivity contribution in [3.63, 3.8) is 0 Å². The lowest BCUT2D eigenvalue weighted by molar-refractivity contribution is -0.870. The van der Waals surface area contributed by atoms with Crippen molar-refractivity contribution in [2.24, 2.45) is 0 Å². The van der Waals surface area contributed by atoms with Gasteiger partial charge in [-0.1, -0.05) is 258 Å². The number of unbranched alkanes of at least 4 members (excludes halogenated alkanes) is 38. The van der Waals surface area contributed by atoms with Gasteiger partial charge in [-0.15, -0.1) is 0 Å². The molecule has 0 heterocycles. The lowest BCUT2D eigenvalue weighted by atomic mass is 10.0. The van der Waals surface area contributed by atoms with Crippen molar-refractivity contribution >= 4 is 17.9 Å². The predicted octanol–water partition coefficient (Wildman–Crippen LogP) is 14.7. The highest BCUT2D eigenvalue weighted by atomic mass is 16.7. The topological polar surface area (TPSA) is 111 Å². The number of rotatable bonds is 53. The Morgan fingerprint density at radius 1 is 0.400 bits per heavy atom. The molecule has 0 saturated heterocycles. The first-order valence-corrected chi connectivity index (χ1v) is 28.2. The summed E-state index contributed by atoms with van der Waals surface area (Å²) in [5.74, 6) is -2.26. The van der Waals surface area contributed by atoms with Crippen LogP contribution in [0.4, 0.5) is 0 Å². The molecule has 9 heteroatoms. The minimum atomic E-state index is -1.61. The van der Waals surface area contributed by atoms with E-state index in [1.165, 1.54) is 218 Å². The minimum absolute atomic E-state index is 0.153. The van der Waals surface area contributed by atoms with Gasteiger partial charge in [-0.3, -0.25) is 9.59 Å². The van der Waals surface area contributed by atoms with Crippen LogP contribution in [0.2, 0.25) is 0 Å². The second-order valence-corrected chi connectivity index (χ2v) is 20.6. The number of hydrogen-bond donors (Lipinski definition) is 0. The first kappa shape index (κ1) is 63.3. The van der Waals surface area contributed by atoms with Crippen LogP contribution in [-0.2, 0) is 33.3 Å². The summed E-state index contributed by atoms with van der Waals surface area (Å²) in [6, 6.07) is 0. The van der Waals surface area contributed by atoms with Gasteiger partial charge in [0.25, 0.3) is 0 Å². The maximum absolute atomic E-state index is 12.8. The first-order valence-electron chi connectivity index (χ1n) is 28.2. The van der Waals surface area contributed by atoms with E-state index in [9.17, 15) is 19.5 Å². The summed E-state index contributed by atoms with van der Waals surface area (Å²) in [7, 11) is 5.92. The van der Waals surface area contributed by atoms with Crippen molar-refractivity contribution in [1.29, 1.82) is 0 Å². The fourth-order valence-electron chi connectivity index (χ4n) is 8.48. The van der Waals surface area contributed by atoms with E-state index in [4.69, 9.17) is 18.9 Å². The number of carbonyl (C=O) groups is 3. The van der Waals surface area contributed by atoms with E-state index in [0.29, 0.717) is 17.4 Å². The third-order valence-corrected chi connectivity index (χ3v) is 12.9. The number of quaternary nitrogens is 1. The quantitative estimate of drug-likeness (QED) is 0.0257. The molecular formula is C56H109NO8. The van der Waals surface area contributed by atoms with E-state index < -0.39 is 24.3 Å². The van der Waals surface area contributed by atoms with Gasteiger partial charge in [-0.25, -0.2) is 0 Å². The molecule has 0 aliphatic carbocycles. The number of likely N-dealkylation sites (N-methyl/N-ethyl adjacent to an activating group) is 1. The Morgan fingerprint density at radius 2 is 0.692 bits per heavy atom. The zero-order chi connectivity index (χ0) is 47.7. The van der Waals surface area contributed by atoms with Gasteiger partial charge in [-0.05, 0) is 12.8 Å². The Labute approximate surface area is 403 Å². The largest absolute Gasteiger partial charge is 0.545 e.